The Balaban J connectivity index is 2.09. The maximum atomic E-state index is 12.2. The van der Waals surface area contributed by atoms with Crippen molar-refractivity contribution in [2.75, 3.05) is 0 Å². The Morgan fingerprint density at radius 1 is 1.42 bits per heavy atom. The number of carboxylic acid groups (broad SMARTS) is 1. The predicted molar refractivity (Wildman–Crippen MR) is 95.3 cm³/mol. The van der Waals surface area contributed by atoms with Crippen molar-refractivity contribution in [3.05, 3.63) is 40.4 Å². The Morgan fingerprint density at radius 3 is 2.71 bits per heavy atom. The monoisotopic (exact) mass is 366 g/mol. The van der Waals surface area contributed by atoms with Gasteiger partial charge < -0.3 is 10.4 Å². The molecule has 0 fully saturated rings. The maximum Gasteiger partial charge on any atom is 0.329 e. The lowest BCUT2D eigenvalue weighted by Gasteiger charge is -2.30. The maximum absolute atomic E-state index is 12.2. The highest BCUT2D eigenvalue weighted by Crippen LogP contribution is 2.26. The smallest absolute Gasteiger partial charge is 0.329 e. The van der Waals surface area contributed by atoms with E-state index in [0.717, 1.165) is 10.6 Å². The summed E-state index contributed by atoms with van der Waals surface area (Å²) in [5.74, 6) is -1.66. The molecule has 1 atom stereocenters. The third kappa shape index (κ3) is 4.13. The number of carboxylic acids is 1. The summed E-state index contributed by atoms with van der Waals surface area (Å²) in [4.78, 5) is 28.1. The first-order valence-corrected chi connectivity index (χ1v) is 8.73. The van der Waals surface area contributed by atoms with Gasteiger partial charge in [0.1, 0.15) is 10.5 Å². The molecule has 1 aromatic heterocycles. The van der Waals surface area contributed by atoms with Crippen LogP contribution in [-0.4, -0.2) is 27.5 Å². The van der Waals surface area contributed by atoms with Crippen LogP contribution in [0.2, 0.25) is 5.02 Å². The number of hydrogen-bond acceptors (Lipinski definition) is 4. The van der Waals surface area contributed by atoms with Crippen LogP contribution in [0.1, 0.15) is 26.5 Å². The molecule has 24 heavy (non-hydrogen) atoms. The highest BCUT2D eigenvalue weighted by molar-refractivity contribution is 7.13. The molecule has 2 rings (SSSR count). The molecule has 2 aromatic rings. The largest absolute Gasteiger partial charge is 0.480 e. The average molecular weight is 367 g/mol. The van der Waals surface area contributed by atoms with Gasteiger partial charge in [-0.15, -0.1) is 11.3 Å². The van der Waals surface area contributed by atoms with Gasteiger partial charge in [-0.3, -0.25) is 4.79 Å². The molecule has 0 saturated heterocycles. The van der Waals surface area contributed by atoms with Crippen LogP contribution in [0.25, 0.3) is 10.6 Å². The standard InChI is InChI=1S/C17H19ClN2O3S/c1-10(2)17(3,16(22)23)20-14(21)8-13-9-24-15(19-13)11-5-4-6-12(18)7-11/h4-7,9-10H,8H2,1-3H3,(H,20,21)(H,22,23). The fraction of sp³-hybridized carbons (Fsp3) is 0.353. The lowest BCUT2D eigenvalue weighted by molar-refractivity contribution is -0.148. The number of nitrogens with one attached hydrogen (secondary N) is 1. The van der Waals surface area contributed by atoms with Gasteiger partial charge in [-0.05, 0) is 25.0 Å². The van der Waals surface area contributed by atoms with Gasteiger partial charge in [0.05, 0.1) is 12.1 Å². The number of halogens is 1. The fourth-order valence-corrected chi connectivity index (χ4v) is 3.09. The second-order valence-corrected chi connectivity index (χ2v) is 7.34. The summed E-state index contributed by atoms with van der Waals surface area (Å²) in [5.41, 5.74) is 0.184. The highest BCUT2D eigenvalue weighted by Gasteiger charge is 2.38. The lowest BCUT2D eigenvalue weighted by atomic mass is 9.88. The summed E-state index contributed by atoms with van der Waals surface area (Å²) < 4.78 is 0. The molecule has 0 radical (unpaired) electrons. The molecule has 0 spiro atoms. The number of carbonyl (C=O) groups excluding carboxylic acids is 1. The predicted octanol–water partition coefficient (Wildman–Crippen LogP) is 3.62. The molecule has 0 saturated carbocycles. The van der Waals surface area contributed by atoms with E-state index in [-0.39, 0.29) is 18.2 Å². The van der Waals surface area contributed by atoms with Crippen molar-refractivity contribution in [3.63, 3.8) is 0 Å². The Morgan fingerprint density at radius 2 is 2.12 bits per heavy atom. The molecule has 128 valence electrons. The van der Waals surface area contributed by atoms with Crippen molar-refractivity contribution in [1.82, 2.24) is 10.3 Å². The number of amides is 1. The average Bonchev–Trinajstić information content (AvgIpc) is 2.95. The van der Waals surface area contributed by atoms with E-state index in [9.17, 15) is 14.7 Å². The van der Waals surface area contributed by atoms with Crippen LogP contribution in [0, 0.1) is 5.92 Å². The van der Waals surface area contributed by atoms with E-state index in [1.54, 1.807) is 25.3 Å². The van der Waals surface area contributed by atoms with Crippen molar-refractivity contribution in [2.45, 2.75) is 32.7 Å². The van der Waals surface area contributed by atoms with Gasteiger partial charge in [-0.25, -0.2) is 9.78 Å². The zero-order valence-corrected chi connectivity index (χ0v) is 15.2. The summed E-state index contributed by atoms with van der Waals surface area (Å²) in [6, 6.07) is 7.33. The molecule has 2 N–H and O–H groups in total. The molecule has 1 unspecified atom stereocenters. The van der Waals surface area contributed by atoms with E-state index < -0.39 is 11.5 Å². The number of hydrogen-bond donors (Lipinski definition) is 2. The minimum absolute atomic E-state index is 0.0344. The van der Waals surface area contributed by atoms with Crippen LogP contribution in [0.3, 0.4) is 0 Å². The zero-order valence-electron chi connectivity index (χ0n) is 13.7. The third-order valence-electron chi connectivity index (χ3n) is 3.96. The Hall–Kier alpha value is -1.92. The van der Waals surface area contributed by atoms with Crippen molar-refractivity contribution in [3.8, 4) is 10.6 Å². The minimum Gasteiger partial charge on any atom is -0.480 e. The lowest BCUT2D eigenvalue weighted by Crippen LogP contribution is -2.56. The summed E-state index contributed by atoms with van der Waals surface area (Å²) in [6.45, 7) is 5.03. The molecule has 0 aliphatic carbocycles. The van der Waals surface area contributed by atoms with Crippen LogP contribution in [-0.2, 0) is 16.0 Å². The number of aliphatic carboxylic acids is 1. The van der Waals surface area contributed by atoms with Gasteiger partial charge >= 0.3 is 5.97 Å². The molecule has 7 heteroatoms. The summed E-state index contributed by atoms with van der Waals surface area (Å²) in [7, 11) is 0. The topological polar surface area (TPSA) is 79.3 Å². The number of rotatable bonds is 6. The molecule has 1 heterocycles. The highest BCUT2D eigenvalue weighted by atomic mass is 35.5. The molecule has 0 bridgehead atoms. The zero-order chi connectivity index (χ0) is 17.9. The molecule has 1 aromatic carbocycles. The normalized spacial score (nSPS) is 13.5. The minimum atomic E-state index is -1.30. The van der Waals surface area contributed by atoms with E-state index in [1.807, 2.05) is 18.2 Å². The van der Waals surface area contributed by atoms with Crippen LogP contribution < -0.4 is 5.32 Å². The Kier molecular flexibility index (Phi) is 5.62. The SMILES string of the molecule is CC(C)C(C)(NC(=O)Cc1csc(-c2cccc(Cl)c2)n1)C(=O)O. The first-order chi connectivity index (χ1) is 11.2. The van der Waals surface area contributed by atoms with Gasteiger partial charge in [0.2, 0.25) is 5.91 Å². The summed E-state index contributed by atoms with van der Waals surface area (Å²) >= 11 is 7.39. The number of thiazole rings is 1. The van der Waals surface area contributed by atoms with Crippen LogP contribution in [0.5, 0.6) is 0 Å². The van der Waals surface area contributed by atoms with Crippen LogP contribution in [0.4, 0.5) is 0 Å². The number of carbonyl (C=O) groups is 2. The number of benzene rings is 1. The van der Waals surface area contributed by atoms with Crippen LogP contribution >= 0.6 is 22.9 Å². The first kappa shape index (κ1) is 18.4. The number of aromatic nitrogens is 1. The van der Waals surface area contributed by atoms with E-state index in [2.05, 4.69) is 10.3 Å². The summed E-state index contributed by atoms with van der Waals surface area (Å²) in [6.07, 6.45) is 0.0344. The molecular weight excluding hydrogens is 348 g/mol. The van der Waals surface area contributed by atoms with Gasteiger partial charge in [0.25, 0.3) is 0 Å². The van der Waals surface area contributed by atoms with Crippen molar-refractivity contribution < 1.29 is 14.7 Å². The molecular formula is C17H19ClN2O3S. The van der Waals surface area contributed by atoms with Gasteiger partial charge in [0.15, 0.2) is 0 Å². The quantitative estimate of drug-likeness (QED) is 0.818. The second kappa shape index (κ2) is 7.32. The van der Waals surface area contributed by atoms with E-state index >= 15 is 0 Å². The third-order valence-corrected chi connectivity index (χ3v) is 5.14. The van der Waals surface area contributed by atoms with Crippen molar-refractivity contribution in [1.29, 1.82) is 0 Å². The van der Waals surface area contributed by atoms with Gasteiger partial charge in [0, 0.05) is 16.0 Å². The van der Waals surface area contributed by atoms with E-state index in [0.29, 0.717) is 10.7 Å². The van der Waals surface area contributed by atoms with Gasteiger partial charge in [-0.2, -0.15) is 0 Å². The van der Waals surface area contributed by atoms with E-state index in [1.165, 1.54) is 18.3 Å². The van der Waals surface area contributed by atoms with Gasteiger partial charge in [-0.1, -0.05) is 37.6 Å². The van der Waals surface area contributed by atoms with Crippen molar-refractivity contribution in [2.24, 2.45) is 5.92 Å². The molecule has 0 aliphatic rings. The Bertz CT molecular complexity index is 760. The molecule has 5 nitrogen and oxygen atoms in total. The fourth-order valence-electron chi connectivity index (χ4n) is 2.09. The second-order valence-electron chi connectivity index (χ2n) is 6.04. The van der Waals surface area contributed by atoms with E-state index in [4.69, 9.17) is 11.6 Å². The molecule has 0 aliphatic heterocycles. The first-order valence-electron chi connectivity index (χ1n) is 7.47. The number of nitrogens with zero attached hydrogens (tertiary/aromatic N) is 1. The Labute approximate surface area is 149 Å². The van der Waals surface area contributed by atoms with Crippen molar-refractivity contribution >= 4 is 34.8 Å². The van der Waals surface area contributed by atoms with Crippen LogP contribution in [0.15, 0.2) is 29.6 Å². The summed E-state index contributed by atoms with van der Waals surface area (Å²) in [5, 5.41) is 15.1. The molecule has 1 amide bonds.